The predicted octanol–water partition coefficient (Wildman–Crippen LogP) is -0.0319. The lowest BCUT2D eigenvalue weighted by atomic mass is 10.0. The molecule has 0 heterocycles. The molecule has 6 nitrogen and oxygen atoms in total. The number of rotatable bonds is 4. The van der Waals surface area contributed by atoms with Gasteiger partial charge in [0.25, 0.3) is 0 Å². The number of hydrogen-bond acceptors (Lipinski definition) is 6. The molecule has 0 aliphatic rings. The summed E-state index contributed by atoms with van der Waals surface area (Å²) in [5, 5.41) is 28.6. The van der Waals surface area contributed by atoms with Gasteiger partial charge < -0.3 is 24.8 Å². The first-order valence-corrected chi connectivity index (χ1v) is 4.82. The van der Waals surface area contributed by atoms with E-state index in [1.54, 1.807) is 0 Å². The average Bonchev–Trinajstić information content (AvgIpc) is 2.35. The quantitative estimate of drug-likeness (QED) is 0.641. The lowest BCUT2D eigenvalue weighted by Gasteiger charge is -2.18. The van der Waals surface area contributed by atoms with Gasteiger partial charge in [-0.15, -0.1) is 0 Å². The fraction of sp³-hybridized carbons (Fsp3) is 0.364. The molecule has 2 atom stereocenters. The molecule has 17 heavy (non-hydrogen) atoms. The van der Waals surface area contributed by atoms with Crippen molar-refractivity contribution in [3.05, 3.63) is 23.8 Å². The summed E-state index contributed by atoms with van der Waals surface area (Å²) in [5.74, 6) is -0.835. The van der Waals surface area contributed by atoms with Crippen LogP contribution in [0.15, 0.2) is 18.2 Å². The van der Waals surface area contributed by atoms with Crippen molar-refractivity contribution in [2.24, 2.45) is 0 Å². The molecule has 3 N–H and O–H groups in total. The fourth-order valence-corrected chi connectivity index (χ4v) is 1.37. The Kier molecular flexibility index (Phi) is 4.30. The summed E-state index contributed by atoms with van der Waals surface area (Å²) in [6.45, 7) is 0. The Balaban J connectivity index is 3.05. The molecule has 0 spiro atoms. The van der Waals surface area contributed by atoms with Crippen molar-refractivity contribution < 1.29 is 29.6 Å². The second-order valence-electron chi connectivity index (χ2n) is 3.34. The topological polar surface area (TPSA) is 96.2 Å². The first-order chi connectivity index (χ1) is 8.01. The number of aliphatic hydroxyl groups is 2. The normalized spacial score (nSPS) is 13.9. The van der Waals surface area contributed by atoms with Crippen molar-refractivity contribution in [2.45, 2.75) is 12.2 Å². The van der Waals surface area contributed by atoms with Crippen LogP contribution in [-0.2, 0) is 9.53 Å². The minimum Gasteiger partial charge on any atom is -0.508 e. The van der Waals surface area contributed by atoms with E-state index >= 15 is 0 Å². The zero-order valence-electron chi connectivity index (χ0n) is 9.45. The third kappa shape index (κ3) is 2.86. The number of benzene rings is 1. The van der Waals surface area contributed by atoms with Crippen molar-refractivity contribution in [3.8, 4) is 11.5 Å². The second-order valence-corrected chi connectivity index (χ2v) is 3.34. The van der Waals surface area contributed by atoms with Gasteiger partial charge in [-0.2, -0.15) is 0 Å². The molecule has 6 heteroatoms. The maximum Gasteiger partial charge on any atom is 0.337 e. The summed E-state index contributed by atoms with van der Waals surface area (Å²) in [6.07, 6.45) is -3.28. The molecule has 1 aromatic rings. The van der Waals surface area contributed by atoms with E-state index in [1.807, 2.05) is 0 Å². The lowest BCUT2D eigenvalue weighted by molar-refractivity contribution is -0.156. The lowest BCUT2D eigenvalue weighted by Crippen LogP contribution is -2.29. The summed E-state index contributed by atoms with van der Waals surface area (Å²) in [7, 11) is 2.46. The molecule has 2 unspecified atom stereocenters. The number of carbonyl (C=O) groups is 1. The number of ether oxygens (including phenoxy) is 2. The number of aliphatic hydroxyl groups excluding tert-OH is 2. The van der Waals surface area contributed by atoms with Crippen LogP contribution in [0.4, 0.5) is 0 Å². The van der Waals surface area contributed by atoms with Gasteiger partial charge in [0.15, 0.2) is 6.10 Å². The molecule has 1 rings (SSSR count). The van der Waals surface area contributed by atoms with Crippen molar-refractivity contribution in [3.63, 3.8) is 0 Å². The number of esters is 1. The zero-order valence-corrected chi connectivity index (χ0v) is 9.45. The minimum atomic E-state index is -1.74. The largest absolute Gasteiger partial charge is 0.508 e. The van der Waals surface area contributed by atoms with Crippen LogP contribution >= 0.6 is 0 Å². The Morgan fingerprint density at radius 2 is 1.94 bits per heavy atom. The third-order valence-corrected chi connectivity index (χ3v) is 2.27. The Bertz CT molecular complexity index is 403. The maximum atomic E-state index is 11.1. The van der Waals surface area contributed by atoms with Crippen molar-refractivity contribution in [2.75, 3.05) is 14.2 Å². The highest BCUT2D eigenvalue weighted by atomic mass is 16.5. The molecule has 0 aliphatic carbocycles. The number of methoxy groups -OCH3 is 2. The van der Waals surface area contributed by atoms with E-state index in [1.165, 1.54) is 25.3 Å². The van der Waals surface area contributed by atoms with Gasteiger partial charge in [0.1, 0.15) is 17.6 Å². The van der Waals surface area contributed by atoms with Crippen LogP contribution in [0.5, 0.6) is 11.5 Å². The molecule has 0 saturated carbocycles. The molecule has 94 valence electrons. The fourth-order valence-electron chi connectivity index (χ4n) is 1.37. The van der Waals surface area contributed by atoms with Crippen molar-refractivity contribution in [1.29, 1.82) is 0 Å². The van der Waals surface area contributed by atoms with Gasteiger partial charge in [0.05, 0.1) is 14.2 Å². The first kappa shape index (κ1) is 13.3. The molecule has 0 radical (unpaired) electrons. The van der Waals surface area contributed by atoms with E-state index in [0.29, 0.717) is 0 Å². The minimum absolute atomic E-state index is 0.102. The van der Waals surface area contributed by atoms with Crippen LogP contribution in [0.1, 0.15) is 11.7 Å². The van der Waals surface area contributed by atoms with Gasteiger partial charge in [-0.25, -0.2) is 4.79 Å². The second kappa shape index (κ2) is 5.51. The summed E-state index contributed by atoms with van der Waals surface area (Å²) in [5.41, 5.74) is 0.102. The first-order valence-electron chi connectivity index (χ1n) is 4.82. The molecule has 0 fully saturated rings. The number of aromatic hydroxyl groups is 1. The van der Waals surface area contributed by atoms with Gasteiger partial charge >= 0.3 is 5.97 Å². The molecular weight excluding hydrogens is 228 g/mol. The zero-order chi connectivity index (χ0) is 13.0. The van der Waals surface area contributed by atoms with E-state index in [-0.39, 0.29) is 17.1 Å². The average molecular weight is 242 g/mol. The van der Waals surface area contributed by atoms with Gasteiger partial charge in [-0.3, -0.25) is 0 Å². The molecule has 0 bridgehead atoms. The van der Waals surface area contributed by atoms with E-state index < -0.39 is 18.2 Å². The summed E-state index contributed by atoms with van der Waals surface area (Å²) in [4.78, 5) is 11.1. The van der Waals surface area contributed by atoms with E-state index in [9.17, 15) is 20.1 Å². The SMILES string of the molecule is COC(=O)C(O)C(O)c1cc(O)ccc1OC. The standard InChI is InChI=1S/C11H14O6/c1-16-8-4-3-6(12)5-7(8)9(13)10(14)11(15)17-2/h3-5,9-10,12-14H,1-2H3. The van der Waals surface area contributed by atoms with Gasteiger partial charge in [0, 0.05) is 5.56 Å². The summed E-state index contributed by atoms with van der Waals surface area (Å²) in [6, 6.07) is 3.98. The monoisotopic (exact) mass is 242 g/mol. The Labute approximate surface area is 98.0 Å². The summed E-state index contributed by atoms with van der Waals surface area (Å²) >= 11 is 0. The molecule has 0 aliphatic heterocycles. The third-order valence-electron chi connectivity index (χ3n) is 2.27. The molecule has 0 saturated heterocycles. The van der Waals surface area contributed by atoms with E-state index in [0.717, 1.165) is 7.11 Å². The number of phenols is 1. The van der Waals surface area contributed by atoms with Crippen molar-refractivity contribution in [1.82, 2.24) is 0 Å². The van der Waals surface area contributed by atoms with Crippen LogP contribution in [0, 0.1) is 0 Å². The van der Waals surface area contributed by atoms with E-state index in [4.69, 9.17) is 4.74 Å². The predicted molar refractivity (Wildman–Crippen MR) is 57.6 cm³/mol. The van der Waals surface area contributed by atoms with Crippen LogP contribution in [0.25, 0.3) is 0 Å². The van der Waals surface area contributed by atoms with Crippen LogP contribution in [0.3, 0.4) is 0 Å². The number of phenolic OH excluding ortho intramolecular Hbond substituents is 1. The van der Waals surface area contributed by atoms with Gasteiger partial charge in [-0.05, 0) is 18.2 Å². The summed E-state index contributed by atoms with van der Waals surface area (Å²) < 4.78 is 9.26. The van der Waals surface area contributed by atoms with E-state index in [2.05, 4.69) is 4.74 Å². The van der Waals surface area contributed by atoms with Crippen molar-refractivity contribution >= 4 is 5.97 Å². The Morgan fingerprint density at radius 1 is 1.29 bits per heavy atom. The van der Waals surface area contributed by atoms with Crippen LogP contribution < -0.4 is 4.74 Å². The van der Waals surface area contributed by atoms with Crippen LogP contribution in [-0.4, -0.2) is 41.6 Å². The van der Waals surface area contributed by atoms with Crippen LogP contribution in [0.2, 0.25) is 0 Å². The molecule has 1 aromatic carbocycles. The highest BCUT2D eigenvalue weighted by Gasteiger charge is 2.28. The Morgan fingerprint density at radius 3 is 2.47 bits per heavy atom. The smallest absolute Gasteiger partial charge is 0.337 e. The Hall–Kier alpha value is -1.79. The molecule has 0 amide bonds. The molecular formula is C11H14O6. The maximum absolute atomic E-state index is 11.1. The number of hydrogen-bond donors (Lipinski definition) is 3. The number of carbonyl (C=O) groups excluding carboxylic acids is 1. The highest BCUT2D eigenvalue weighted by Crippen LogP contribution is 2.30. The highest BCUT2D eigenvalue weighted by molar-refractivity contribution is 5.75. The van der Waals surface area contributed by atoms with Gasteiger partial charge in [-0.1, -0.05) is 0 Å². The molecule has 0 aromatic heterocycles. The van der Waals surface area contributed by atoms with Gasteiger partial charge in [0.2, 0.25) is 0 Å².